The zero-order valence-electron chi connectivity index (χ0n) is 20.4. The molecule has 0 bridgehead atoms. The number of carbonyl (C=O) groups is 2. The maximum absolute atomic E-state index is 13.6. The van der Waals surface area contributed by atoms with Crippen molar-refractivity contribution in [3.05, 3.63) is 82.4 Å². The molecule has 190 valence electrons. The van der Waals surface area contributed by atoms with Crippen molar-refractivity contribution in [1.29, 1.82) is 0 Å². The molecule has 2 aromatic rings. The van der Waals surface area contributed by atoms with Gasteiger partial charge in [-0.1, -0.05) is 48.0 Å². The number of benzene rings is 2. The van der Waals surface area contributed by atoms with Crippen molar-refractivity contribution in [2.75, 3.05) is 13.7 Å². The quantitative estimate of drug-likeness (QED) is 0.433. The van der Waals surface area contributed by atoms with E-state index in [4.69, 9.17) is 27.1 Å². The number of ether oxygens (including phenoxy) is 1. The number of methoxy groups -OCH3 is 1. The maximum atomic E-state index is 13.6. The van der Waals surface area contributed by atoms with Gasteiger partial charge in [-0.2, -0.15) is 5.90 Å². The standard InChI is InChI=1S/C28H32ClN3O4/c1-35-23-15-9-20(10-16-23)27(28(34)31-18-21-4-2-3-5-25(21)29)32(22-11-12-22)26(33)17-8-19-6-13-24(36-30)14-7-19/h4-7,9-10,13-16,22,27H,2-3,8,11-12,17-18,30H2,1H3,(H,31,34). The predicted molar refractivity (Wildman–Crippen MR) is 139 cm³/mol. The van der Waals surface area contributed by atoms with E-state index >= 15 is 0 Å². The first-order valence-electron chi connectivity index (χ1n) is 12.2. The van der Waals surface area contributed by atoms with E-state index in [1.807, 2.05) is 42.5 Å². The molecule has 7 nitrogen and oxygen atoms in total. The van der Waals surface area contributed by atoms with Crippen molar-refractivity contribution in [3.8, 4) is 11.5 Å². The number of carbonyl (C=O) groups excluding carboxylic acids is 2. The van der Waals surface area contributed by atoms with Crippen LogP contribution in [0.5, 0.6) is 11.5 Å². The third kappa shape index (κ3) is 6.47. The Labute approximate surface area is 216 Å². The molecule has 1 fully saturated rings. The van der Waals surface area contributed by atoms with Crippen LogP contribution in [0.3, 0.4) is 0 Å². The van der Waals surface area contributed by atoms with Gasteiger partial charge in [-0.05, 0) is 73.1 Å². The molecule has 0 spiro atoms. The number of halogens is 1. The summed E-state index contributed by atoms with van der Waals surface area (Å²) >= 11 is 6.34. The number of nitrogens with one attached hydrogen (secondary N) is 1. The molecule has 8 heteroatoms. The average Bonchev–Trinajstić information content (AvgIpc) is 3.75. The molecule has 0 radical (unpaired) electrons. The summed E-state index contributed by atoms with van der Waals surface area (Å²) in [5, 5.41) is 3.70. The highest BCUT2D eigenvalue weighted by molar-refractivity contribution is 6.32. The van der Waals surface area contributed by atoms with Gasteiger partial charge in [0.05, 0.1) is 7.11 Å². The first-order valence-corrected chi connectivity index (χ1v) is 12.6. The lowest BCUT2D eigenvalue weighted by molar-refractivity contribution is -0.141. The third-order valence-electron chi connectivity index (χ3n) is 6.51. The predicted octanol–water partition coefficient (Wildman–Crippen LogP) is 4.57. The number of aryl methyl sites for hydroxylation is 1. The number of hydrogen-bond donors (Lipinski definition) is 2. The summed E-state index contributed by atoms with van der Waals surface area (Å²) in [6, 6.07) is 14.0. The van der Waals surface area contributed by atoms with Crippen LogP contribution in [0.25, 0.3) is 0 Å². The fraction of sp³-hybridized carbons (Fsp3) is 0.357. The number of nitrogens with zero attached hydrogens (tertiary/aromatic N) is 1. The van der Waals surface area contributed by atoms with E-state index in [0.29, 0.717) is 35.9 Å². The molecule has 2 aliphatic rings. The lowest BCUT2D eigenvalue weighted by atomic mass is 10.0. The van der Waals surface area contributed by atoms with E-state index in [1.54, 1.807) is 24.1 Å². The lowest BCUT2D eigenvalue weighted by Crippen LogP contribution is -2.45. The molecular formula is C28H32ClN3O4. The van der Waals surface area contributed by atoms with Gasteiger partial charge in [0.15, 0.2) is 0 Å². The number of allylic oxidation sites excluding steroid dienone is 2. The van der Waals surface area contributed by atoms with E-state index in [0.717, 1.165) is 42.4 Å². The van der Waals surface area contributed by atoms with Crippen LogP contribution in [-0.4, -0.2) is 36.4 Å². The summed E-state index contributed by atoms with van der Waals surface area (Å²) in [4.78, 5) is 33.7. The molecule has 2 aliphatic carbocycles. The molecule has 1 saturated carbocycles. The number of amides is 2. The third-order valence-corrected chi connectivity index (χ3v) is 6.91. The minimum atomic E-state index is -0.740. The number of rotatable bonds is 11. The van der Waals surface area contributed by atoms with Crippen LogP contribution in [0.15, 0.2) is 71.3 Å². The highest BCUT2D eigenvalue weighted by atomic mass is 35.5. The molecule has 1 unspecified atom stereocenters. The lowest BCUT2D eigenvalue weighted by Gasteiger charge is -2.32. The highest BCUT2D eigenvalue weighted by Gasteiger charge is 2.41. The molecule has 36 heavy (non-hydrogen) atoms. The minimum Gasteiger partial charge on any atom is -0.497 e. The Morgan fingerprint density at radius 1 is 1.06 bits per heavy atom. The normalized spacial score (nSPS) is 15.9. The molecule has 0 saturated heterocycles. The summed E-state index contributed by atoms with van der Waals surface area (Å²) < 4.78 is 5.29. The smallest absolute Gasteiger partial charge is 0.247 e. The van der Waals surface area contributed by atoms with E-state index in [1.165, 1.54) is 0 Å². The van der Waals surface area contributed by atoms with Crippen molar-refractivity contribution in [2.24, 2.45) is 5.90 Å². The molecule has 3 N–H and O–H groups in total. The van der Waals surface area contributed by atoms with Gasteiger partial charge in [0, 0.05) is 24.0 Å². The Hall–Kier alpha value is -3.29. The van der Waals surface area contributed by atoms with Gasteiger partial charge in [-0.15, -0.1) is 0 Å². The van der Waals surface area contributed by atoms with E-state index in [9.17, 15) is 9.59 Å². The summed E-state index contributed by atoms with van der Waals surface area (Å²) in [5.41, 5.74) is 2.65. The van der Waals surface area contributed by atoms with Crippen molar-refractivity contribution >= 4 is 23.4 Å². The van der Waals surface area contributed by atoms with Gasteiger partial charge < -0.3 is 19.8 Å². The molecule has 0 heterocycles. The van der Waals surface area contributed by atoms with Crippen LogP contribution in [-0.2, 0) is 16.0 Å². The average molecular weight is 510 g/mol. The van der Waals surface area contributed by atoms with Crippen LogP contribution < -0.4 is 20.8 Å². The van der Waals surface area contributed by atoms with Gasteiger partial charge in [0.25, 0.3) is 0 Å². The first kappa shape index (κ1) is 25.8. The maximum Gasteiger partial charge on any atom is 0.247 e. The van der Waals surface area contributed by atoms with E-state index in [-0.39, 0.29) is 17.9 Å². The molecule has 2 aromatic carbocycles. The van der Waals surface area contributed by atoms with Gasteiger partial charge in [0.1, 0.15) is 17.5 Å². The second kappa shape index (κ2) is 12.1. The number of nitrogens with two attached hydrogens (primary N) is 1. The van der Waals surface area contributed by atoms with Crippen molar-refractivity contribution in [3.63, 3.8) is 0 Å². The van der Waals surface area contributed by atoms with Gasteiger partial charge in [-0.25, -0.2) is 0 Å². The minimum absolute atomic E-state index is 0.0424. The van der Waals surface area contributed by atoms with Crippen molar-refractivity contribution < 1.29 is 19.2 Å². The Morgan fingerprint density at radius 3 is 2.33 bits per heavy atom. The van der Waals surface area contributed by atoms with Gasteiger partial charge in [0.2, 0.25) is 11.8 Å². The highest BCUT2D eigenvalue weighted by Crippen LogP contribution is 2.36. The largest absolute Gasteiger partial charge is 0.497 e. The monoisotopic (exact) mass is 509 g/mol. The summed E-state index contributed by atoms with van der Waals surface area (Å²) in [6.45, 7) is 0.323. The summed E-state index contributed by atoms with van der Waals surface area (Å²) in [7, 11) is 1.60. The zero-order valence-corrected chi connectivity index (χ0v) is 21.2. The van der Waals surface area contributed by atoms with E-state index in [2.05, 4.69) is 11.4 Å². The Balaban J connectivity index is 1.53. The number of hydrogen-bond acceptors (Lipinski definition) is 5. The second-order valence-electron chi connectivity index (χ2n) is 9.05. The topological polar surface area (TPSA) is 93.9 Å². The molecule has 4 rings (SSSR count). The van der Waals surface area contributed by atoms with Crippen LogP contribution in [0.1, 0.15) is 49.3 Å². The van der Waals surface area contributed by atoms with Crippen LogP contribution in [0.4, 0.5) is 0 Å². The molecule has 1 atom stereocenters. The first-order chi connectivity index (χ1) is 17.5. The molecule has 0 aliphatic heterocycles. The summed E-state index contributed by atoms with van der Waals surface area (Å²) in [5.74, 6) is 6.17. The SMILES string of the molecule is COc1ccc(C(C(=O)NCC2=CCCC=C2Cl)N(C(=O)CCc2ccc(ON)cc2)C2CC2)cc1. The summed E-state index contributed by atoms with van der Waals surface area (Å²) in [6.07, 6.45) is 8.43. The van der Waals surface area contributed by atoms with E-state index < -0.39 is 6.04 Å². The van der Waals surface area contributed by atoms with Crippen molar-refractivity contribution in [2.45, 2.75) is 50.6 Å². The zero-order chi connectivity index (χ0) is 25.5. The van der Waals surface area contributed by atoms with Crippen LogP contribution in [0.2, 0.25) is 0 Å². The van der Waals surface area contributed by atoms with Crippen LogP contribution >= 0.6 is 11.6 Å². The van der Waals surface area contributed by atoms with Crippen molar-refractivity contribution in [1.82, 2.24) is 10.2 Å². The molecule has 0 aromatic heterocycles. The van der Waals surface area contributed by atoms with Gasteiger partial charge >= 0.3 is 0 Å². The Morgan fingerprint density at radius 2 is 1.72 bits per heavy atom. The molecular weight excluding hydrogens is 478 g/mol. The molecule has 2 amide bonds. The second-order valence-corrected chi connectivity index (χ2v) is 9.45. The van der Waals surface area contributed by atoms with Gasteiger partial charge in [-0.3, -0.25) is 9.59 Å². The van der Waals surface area contributed by atoms with Crippen LogP contribution in [0, 0.1) is 0 Å². The Kier molecular flexibility index (Phi) is 8.67. The fourth-order valence-electron chi connectivity index (χ4n) is 4.38. The Bertz CT molecular complexity index is 1120. The fourth-order valence-corrected chi connectivity index (χ4v) is 4.64.